The van der Waals surface area contributed by atoms with Gasteiger partial charge < -0.3 is 9.30 Å². The number of ether oxygens (including phenoxy) is 1. The number of fused-ring (bicyclic) bond motifs is 1. The van der Waals surface area contributed by atoms with Crippen LogP contribution in [-0.2, 0) is 6.18 Å². The molecule has 1 fully saturated rings. The Balaban J connectivity index is 2.04. The Hall–Kier alpha value is -1.72. The smallest absolute Gasteiger partial charge is 0.418 e. The Bertz CT molecular complexity index is 797. The first-order chi connectivity index (χ1) is 12.0. The first-order valence-corrected chi connectivity index (χ1v) is 9.20. The molecule has 6 heteroatoms. The summed E-state index contributed by atoms with van der Waals surface area (Å²) in [5, 5.41) is 0. The summed E-state index contributed by atoms with van der Waals surface area (Å²) in [5.74, 6) is 1.30. The molecule has 0 N–H and O–H groups in total. The maximum absolute atomic E-state index is 13.8. The number of alkyl halides is 3. The number of aryl methyl sites for hydroxylation is 1. The van der Waals surface area contributed by atoms with Crippen LogP contribution in [0, 0.1) is 18.3 Å². The summed E-state index contributed by atoms with van der Waals surface area (Å²) in [6.45, 7) is 10.6. The van der Waals surface area contributed by atoms with Gasteiger partial charge in [0.1, 0.15) is 11.6 Å². The molecular weight excluding hydrogens is 341 g/mol. The molecule has 0 atom stereocenters. The van der Waals surface area contributed by atoms with E-state index in [9.17, 15) is 13.2 Å². The van der Waals surface area contributed by atoms with E-state index in [-0.39, 0.29) is 22.7 Å². The van der Waals surface area contributed by atoms with Crippen molar-refractivity contribution in [3.63, 3.8) is 0 Å². The molecule has 0 radical (unpaired) electrons. The number of imidazole rings is 1. The molecule has 26 heavy (non-hydrogen) atoms. The molecule has 0 saturated heterocycles. The van der Waals surface area contributed by atoms with Crippen molar-refractivity contribution in [2.45, 2.75) is 66.1 Å². The highest BCUT2D eigenvalue weighted by atomic mass is 19.4. The van der Waals surface area contributed by atoms with Crippen molar-refractivity contribution >= 4 is 11.0 Å². The van der Waals surface area contributed by atoms with Crippen molar-refractivity contribution in [3.8, 4) is 5.75 Å². The average Bonchev–Trinajstić information content (AvgIpc) is 2.77. The highest BCUT2D eigenvalue weighted by Gasteiger charge is 2.41. The van der Waals surface area contributed by atoms with Crippen LogP contribution >= 0.6 is 0 Å². The first-order valence-electron chi connectivity index (χ1n) is 9.20. The van der Waals surface area contributed by atoms with Gasteiger partial charge >= 0.3 is 6.18 Å². The topological polar surface area (TPSA) is 27.1 Å². The Morgan fingerprint density at radius 3 is 2.46 bits per heavy atom. The van der Waals surface area contributed by atoms with Gasteiger partial charge in [-0.1, -0.05) is 27.7 Å². The molecule has 1 saturated carbocycles. The van der Waals surface area contributed by atoms with Gasteiger partial charge in [-0.05, 0) is 43.6 Å². The van der Waals surface area contributed by atoms with Crippen LogP contribution < -0.4 is 4.74 Å². The second-order valence-corrected chi connectivity index (χ2v) is 8.62. The van der Waals surface area contributed by atoms with E-state index in [1.54, 1.807) is 17.6 Å². The van der Waals surface area contributed by atoms with Gasteiger partial charge in [-0.3, -0.25) is 0 Å². The molecule has 1 heterocycles. The van der Waals surface area contributed by atoms with E-state index in [4.69, 9.17) is 4.74 Å². The van der Waals surface area contributed by atoms with Crippen molar-refractivity contribution in [1.29, 1.82) is 0 Å². The number of halogens is 3. The Morgan fingerprint density at radius 1 is 1.27 bits per heavy atom. The SMILES string of the molecule is Cc1nc2cc(OCCC(C)C)cc(C(F)(F)F)c2n1C1CC(C)(C)C1. The van der Waals surface area contributed by atoms with E-state index in [1.165, 1.54) is 0 Å². The van der Waals surface area contributed by atoms with E-state index in [1.807, 2.05) is 0 Å². The number of rotatable bonds is 5. The first kappa shape index (κ1) is 19.1. The summed E-state index contributed by atoms with van der Waals surface area (Å²) in [4.78, 5) is 4.42. The zero-order chi connectivity index (χ0) is 19.3. The lowest BCUT2D eigenvalue weighted by Crippen LogP contribution is -2.34. The summed E-state index contributed by atoms with van der Waals surface area (Å²) in [6.07, 6.45) is -1.92. The second-order valence-electron chi connectivity index (χ2n) is 8.62. The summed E-state index contributed by atoms with van der Waals surface area (Å²) in [7, 11) is 0. The summed E-state index contributed by atoms with van der Waals surface area (Å²) < 4.78 is 48.7. The van der Waals surface area contributed by atoms with Crippen molar-refractivity contribution in [2.24, 2.45) is 11.3 Å². The molecule has 0 bridgehead atoms. The summed E-state index contributed by atoms with van der Waals surface area (Å²) >= 11 is 0. The standard InChI is InChI=1S/C20H27F3N2O/c1-12(2)6-7-26-15-8-16(20(21,22)23)18-17(9-15)24-13(3)25(18)14-10-19(4,5)11-14/h8-9,12,14H,6-7,10-11H2,1-5H3. The normalized spacial score (nSPS) is 17.7. The van der Waals surface area contributed by atoms with Crippen LogP contribution in [0.15, 0.2) is 12.1 Å². The molecule has 1 aliphatic rings. The van der Waals surface area contributed by atoms with Crippen molar-refractivity contribution in [2.75, 3.05) is 6.61 Å². The predicted octanol–water partition coefficient (Wildman–Crippen LogP) is 6.15. The molecule has 0 spiro atoms. The maximum Gasteiger partial charge on any atom is 0.418 e. The summed E-state index contributed by atoms with van der Waals surface area (Å²) in [5.41, 5.74) is 0.0690. The van der Waals surface area contributed by atoms with E-state index < -0.39 is 11.7 Å². The minimum absolute atomic E-state index is 0.0730. The van der Waals surface area contributed by atoms with E-state index in [0.717, 1.165) is 25.3 Å². The lowest BCUT2D eigenvalue weighted by atomic mass is 9.68. The molecule has 144 valence electrons. The minimum Gasteiger partial charge on any atom is -0.493 e. The van der Waals surface area contributed by atoms with Gasteiger partial charge in [-0.25, -0.2) is 4.98 Å². The van der Waals surface area contributed by atoms with Crippen LogP contribution in [0.3, 0.4) is 0 Å². The minimum atomic E-state index is -4.45. The molecule has 3 rings (SSSR count). The highest BCUT2D eigenvalue weighted by molar-refractivity contribution is 5.82. The Labute approximate surface area is 152 Å². The number of hydrogen-bond acceptors (Lipinski definition) is 2. The van der Waals surface area contributed by atoms with Crippen molar-refractivity contribution in [3.05, 3.63) is 23.5 Å². The molecule has 2 aromatic rings. The second kappa shape index (κ2) is 6.46. The van der Waals surface area contributed by atoms with Crippen LogP contribution in [-0.4, -0.2) is 16.2 Å². The number of nitrogens with zero attached hydrogens (tertiary/aromatic N) is 2. The molecular formula is C20H27F3N2O. The molecule has 1 aliphatic carbocycles. The fraction of sp³-hybridized carbons (Fsp3) is 0.650. The molecule has 0 unspecified atom stereocenters. The van der Waals surface area contributed by atoms with E-state index >= 15 is 0 Å². The van der Waals surface area contributed by atoms with Crippen LogP contribution in [0.5, 0.6) is 5.75 Å². The van der Waals surface area contributed by atoms with Gasteiger partial charge in [0.2, 0.25) is 0 Å². The Morgan fingerprint density at radius 2 is 1.92 bits per heavy atom. The van der Waals surface area contributed by atoms with Crippen molar-refractivity contribution in [1.82, 2.24) is 9.55 Å². The fourth-order valence-electron chi connectivity index (χ4n) is 3.88. The lowest BCUT2D eigenvalue weighted by Gasteiger charge is -2.44. The molecule has 1 aromatic heterocycles. The van der Waals surface area contributed by atoms with E-state index in [2.05, 4.69) is 32.7 Å². The molecule has 0 aliphatic heterocycles. The third-order valence-corrected chi connectivity index (χ3v) is 5.15. The maximum atomic E-state index is 13.8. The fourth-order valence-corrected chi connectivity index (χ4v) is 3.88. The predicted molar refractivity (Wildman–Crippen MR) is 96.5 cm³/mol. The van der Waals surface area contributed by atoms with Gasteiger partial charge in [0.25, 0.3) is 0 Å². The van der Waals surface area contributed by atoms with Gasteiger partial charge in [0.15, 0.2) is 0 Å². The zero-order valence-corrected chi connectivity index (χ0v) is 16.1. The number of aromatic nitrogens is 2. The molecule has 1 aromatic carbocycles. The van der Waals surface area contributed by atoms with Gasteiger partial charge in [0, 0.05) is 12.1 Å². The monoisotopic (exact) mass is 368 g/mol. The van der Waals surface area contributed by atoms with Crippen LogP contribution in [0.4, 0.5) is 13.2 Å². The van der Waals surface area contributed by atoms with E-state index in [0.29, 0.717) is 23.9 Å². The molecule has 0 amide bonds. The van der Waals surface area contributed by atoms with Crippen molar-refractivity contribution < 1.29 is 17.9 Å². The zero-order valence-electron chi connectivity index (χ0n) is 16.1. The van der Waals surface area contributed by atoms with Crippen LogP contribution in [0.2, 0.25) is 0 Å². The van der Waals surface area contributed by atoms with Crippen LogP contribution in [0.25, 0.3) is 11.0 Å². The Kier molecular flexibility index (Phi) is 4.74. The highest BCUT2D eigenvalue weighted by Crippen LogP contribution is 2.50. The average molecular weight is 368 g/mol. The third kappa shape index (κ3) is 3.69. The van der Waals surface area contributed by atoms with Gasteiger partial charge in [-0.2, -0.15) is 13.2 Å². The number of benzene rings is 1. The number of hydrogen-bond donors (Lipinski definition) is 0. The quantitative estimate of drug-likeness (QED) is 0.633. The van der Waals surface area contributed by atoms with Gasteiger partial charge in [-0.15, -0.1) is 0 Å². The molecule has 3 nitrogen and oxygen atoms in total. The van der Waals surface area contributed by atoms with Gasteiger partial charge in [0.05, 0.1) is 23.2 Å². The third-order valence-electron chi connectivity index (χ3n) is 5.15. The lowest BCUT2D eigenvalue weighted by molar-refractivity contribution is -0.136. The largest absolute Gasteiger partial charge is 0.493 e. The summed E-state index contributed by atoms with van der Waals surface area (Å²) in [6, 6.07) is 2.84. The van der Waals surface area contributed by atoms with Crippen LogP contribution in [0.1, 0.15) is 64.4 Å².